The van der Waals surface area contributed by atoms with Crippen molar-refractivity contribution in [3.8, 4) is 0 Å². The third-order valence-corrected chi connectivity index (χ3v) is 8.69. The number of carbonyl (C=O) groups excluding carboxylic acids is 2. The molecule has 41 heavy (non-hydrogen) atoms. The summed E-state index contributed by atoms with van der Waals surface area (Å²) in [5.74, 6) is -0.911. The second kappa shape index (κ2) is 13.0. The highest BCUT2D eigenvalue weighted by atomic mass is 35.5. The molecule has 0 atom stereocenters. The number of nitrogens with one attached hydrogen (secondary N) is 2. The standard InChI is InChI=1S/C32H26Cl2N2O4S/c1-3-21-11-15-23(16-12-21)19-29(37)35-31-25(33)7-5-9-27(31)41(39,40)28-10-6-8-26(34)32(28)36-30(38)20-24-17-13-22(4-2)14-18-24/h3-18H,1-2,19-20H2,(H,35,37)(H,36,38). The van der Waals surface area contributed by atoms with Crippen molar-refractivity contribution in [2.24, 2.45) is 0 Å². The molecule has 0 heterocycles. The molecule has 208 valence electrons. The Balaban J connectivity index is 1.63. The SMILES string of the molecule is C=Cc1ccc(CC(=O)Nc2c(Cl)cccc2S(=O)(=O)c2cccc(Cl)c2NC(=O)Cc2ccc(C=C)cc2)cc1. The molecule has 0 bridgehead atoms. The fourth-order valence-corrected chi connectivity index (χ4v) is 6.27. The smallest absolute Gasteiger partial charge is 0.228 e. The molecule has 0 aliphatic heterocycles. The maximum Gasteiger partial charge on any atom is 0.228 e. The van der Waals surface area contributed by atoms with Crippen LogP contribution >= 0.6 is 23.2 Å². The summed E-state index contributed by atoms with van der Waals surface area (Å²) in [6.45, 7) is 7.42. The van der Waals surface area contributed by atoms with E-state index < -0.39 is 21.7 Å². The number of para-hydroxylation sites is 2. The maximum atomic E-state index is 14.0. The van der Waals surface area contributed by atoms with E-state index in [1.807, 2.05) is 24.3 Å². The zero-order valence-electron chi connectivity index (χ0n) is 21.9. The molecule has 9 heteroatoms. The molecule has 0 radical (unpaired) electrons. The lowest BCUT2D eigenvalue weighted by atomic mass is 10.1. The highest BCUT2D eigenvalue weighted by molar-refractivity contribution is 7.91. The van der Waals surface area contributed by atoms with E-state index in [1.54, 1.807) is 36.4 Å². The Morgan fingerprint density at radius 3 is 1.34 bits per heavy atom. The minimum Gasteiger partial charge on any atom is -0.323 e. The summed E-state index contributed by atoms with van der Waals surface area (Å²) in [5.41, 5.74) is 3.13. The van der Waals surface area contributed by atoms with Gasteiger partial charge in [0.15, 0.2) is 0 Å². The number of hydrogen-bond acceptors (Lipinski definition) is 4. The molecule has 0 saturated heterocycles. The Labute approximate surface area is 249 Å². The maximum absolute atomic E-state index is 14.0. The van der Waals surface area contributed by atoms with Crippen molar-refractivity contribution in [2.75, 3.05) is 10.6 Å². The molecule has 0 unspecified atom stereocenters. The second-order valence-electron chi connectivity index (χ2n) is 9.07. The lowest BCUT2D eigenvalue weighted by Crippen LogP contribution is -2.19. The molecule has 0 fully saturated rings. The highest BCUT2D eigenvalue weighted by Gasteiger charge is 2.28. The number of halogens is 2. The highest BCUT2D eigenvalue weighted by Crippen LogP contribution is 2.38. The van der Waals surface area contributed by atoms with Gasteiger partial charge in [0, 0.05) is 0 Å². The molecule has 0 saturated carbocycles. The van der Waals surface area contributed by atoms with Crippen molar-refractivity contribution >= 4 is 68.4 Å². The molecule has 0 aliphatic rings. The zero-order valence-corrected chi connectivity index (χ0v) is 24.2. The third kappa shape index (κ3) is 7.13. The van der Waals surface area contributed by atoms with Crippen LogP contribution in [0.3, 0.4) is 0 Å². The van der Waals surface area contributed by atoms with E-state index in [0.717, 1.165) is 22.3 Å². The normalized spacial score (nSPS) is 11.0. The van der Waals surface area contributed by atoms with Crippen LogP contribution in [0.1, 0.15) is 22.3 Å². The largest absolute Gasteiger partial charge is 0.323 e. The van der Waals surface area contributed by atoms with Gasteiger partial charge in [-0.2, -0.15) is 0 Å². The number of hydrogen-bond donors (Lipinski definition) is 2. The molecule has 2 amide bonds. The predicted octanol–water partition coefficient (Wildman–Crippen LogP) is 7.47. The lowest BCUT2D eigenvalue weighted by molar-refractivity contribution is -0.116. The monoisotopic (exact) mass is 604 g/mol. The van der Waals surface area contributed by atoms with Gasteiger partial charge in [0.1, 0.15) is 0 Å². The van der Waals surface area contributed by atoms with Crippen LogP contribution in [0.25, 0.3) is 12.2 Å². The number of benzene rings is 4. The van der Waals surface area contributed by atoms with E-state index >= 15 is 0 Å². The minimum atomic E-state index is -4.32. The summed E-state index contributed by atoms with van der Waals surface area (Å²) in [6, 6.07) is 23.0. The van der Waals surface area contributed by atoms with Crippen LogP contribution in [0.15, 0.2) is 108 Å². The Morgan fingerprint density at radius 1 is 0.634 bits per heavy atom. The summed E-state index contributed by atoms with van der Waals surface area (Å²) in [4.78, 5) is 25.4. The van der Waals surface area contributed by atoms with Crippen LogP contribution in [-0.2, 0) is 32.3 Å². The molecule has 4 aromatic rings. The van der Waals surface area contributed by atoms with Crippen LogP contribution < -0.4 is 10.6 Å². The van der Waals surface area contributed by atoms with Gasteiger partial charge < -0.3 is 10.6 Å². The van der Waals surface area contributed by atoms with E-state index in [9.17, 15) is 18.0 Å². The van der Waals surface area contributed by atoms with Gasteiger partial charge in [-0.1, -0.05) is 109 Å². The van der Waals surface area contributed by atoms with Gasteiger partial charge in [0.05, 0.1) is 44.1 Å². The average Bonchev–Trinajstić information content (AvgIpc) is 2.95. The molecule has 0 aliphatic carbocycles. The molecular formula is C32H26Cl2N2O4S. The van der Waals surface area contributed by atoms with E-state index in [2.05, 4.69) is 23.8 Å². The molecule has 4 aromatic carbocycles. The Bertz CT molecular complexity index is 1610. The number of carbonyl (C=O) groups is 2. The fourth-order valence-electron chi connectivity index (χ4n) is 4.10. The third-order valence-electron chi connectivity index (χ3n) is 6.22. The van der Waals surface area contributed by atoms with Crippen molar-refractivity contribution in [3.63, 3.8) is 0 Å². The molecule has 0 aromatic heterocycles. The summed E-state index contributed by atoms with van der Waals surface area (Å²) in [5, 5.41) is 5.38. The zero-order chi connectivity index (χ0) is 29.6. The summed E-state index contributed by atoms with van der Waals surface area (Å²) >= 11 is 12.8. The molecular weight excluding hydrogens is 579 g/mol. The Morgan fingerprint density at radius 2 is 1.00 bits per heavy atom. The van der Waals surface area contributed by atoms with Crippen LogP contribution in [0.2, 0.25) is 10.0 Å². The summed E-state index contributed by atoms with van der Waals surface area (Å²) < 4.78 is 27.9. The minimum absolute atomic E-state index is 0.00557. The van der Waals surface area contributed by atoms with Crippen molar-refractivity contribution in [2.45, 2.75) is 22.6 Å². The van der Waals surface area contributed by atoms with E-state index in [0.29, 0.717) is 0 Å². The van der Waals surface area contributed by atoms with Crippen LogP contribution in [0.4, 0.5) is 11.4 Å². The van der Waals surface area contributed by atoms with Crippen molar-refractivity contribution in [1.29, 1.82) is 0 Å². The van der Waals surface area contributed by atoms with Crippen molar-refractivity contribution in [3.05, 3.63) is 130 Å². The van der Waals surface area contributed by atoms with Crippen LogP contribution in [0.5, 0.6) is 0 Å². The molecule has 0 spiro atoms. The van der Waals surface area contributed by atoms with Crippen molar-refractivity contribution < 1.29 is 18.0 Å². The number of rotatable bonds is 10. The average molecular weight is 606 g/mol. The number of amides is 2. The fraction of sp³-hybridized carbons (Fsp3) is 0.0625. The Hall–Kier alpha value is -4.17. The number of anilines is 2. The second-order valence-corrected chi connectivity index (χ2v) is 11.8. The first-order chi connectivity index (χ1) is 19.6. The van der Waals surface area contributed by atoms with E-state index in [4.69, 9.17) is 23.2 Å². The first-order valence-electron chi connectivity index (χ1n) is 12.5. The quantitative estimate of drug-likeness (QED) is 0.196. The van der Waals surface area contributed by atoms with Gasteiger partial charge in [-0.3, -0.25) is 9.59 Å². The first-order valence-corrected chi connectivity index (χ1v) is 14.7. The van der Waals surface area contributed by atoms with E-state index in [1.165, 1.54) is 36.4 Å². The van der Waals surface area contributed by atoms with Crippen LogP contribution in [0, 0.1) is 0 Å². The Kier molecular flexibility index (Phi) is 9.45. The number of sulfone groups is 1. The molecule has 4 rings (SSSR count). The van der Waals surface area contributed by atoms with Gasteiger partial charge in [0.2, 0.25) is 21.7 Å². The lowest BCUT2D eigenvalue weighted by Gasteiger charge is -2.17. The van der Waals surface area contributed by atoms with Crippen LogP contribution in [-0.4, -0.2) is 20.2 Å². The molecule has 2 N–H and O–H groups in total. The van der Waals surface area contributed by atoms with Gasteiger partial charge in [-0.15, -0.1) is 0 Å². The van der Waals surface area contributed by atoms with Gasteiger partial charge in [0.25, 0.3) is 0 Å². The summed E-state index contributed by atoms with van der Waals surface area (Å²) in [6.07, 6.45) is 3.37. The van der Waals surface area contributed by atoms with Gasteiger partial charge >= 0.3 is 0 Å². The predicted molar refractivity (Wildman–Crippen MR) is 166 cm³/mol. The first kappa shape index (κ1) is 29.8. The van der Waals surface area contributed by atoms with Gasteiger partial charge in [-0.05, 0) is 46.5 Å². The van der Waals surface area contributed by atoms with Gasteiger partial charge in [-0.25, -0.2) is 8.42 Å². The molecule has 6 nitrogen and oxygen atoms in total. The topological polar surface area (TPSA) is 92.3 Å². The van der Waals surface area contributed by atoms with E-state index in [-0.39, 0.29) is 44.1 Å². The van der Waals surface area contributed by atoms with Crippen molar-refractivity contribution in [1.82, 2.24) is 0 Å². The summed E-state index contributed by atoms with van der Waals surface area (Å²) in [7, 11) is -4.32.